The van der Waals surface area contributed by atoms with Crippen LogP contribution in [-0.2, 0) is 4.79 Å². The van der Waals surface area contributed by atoms with Gasteiger partial charge in [-0.25, -0.2) is 4.99 Å². The molecule has 1 N–H and O–H groups in total. The quantitative estimate of drug-likeness (QED) is 0.348. The van der Waals surface area contributed by atoms with Crippen LogP contribution in [0.15, 0.2) is 71.7 Å². The number of carboxylic acids is 1. The maximum absolute atomic E-state index is 11.9. The molecular formula is C23H22N2O3S. The molecule has 0 saturated carbocycles. The van der Waals surface area contributed by atoms with E-state index in [4.69, 9.17) is 4.99 Å². The molecular weight excluding hydrogens is 384 g/mol. The van der Waals surface area contributed by atoms with Crippen LogP contribution in [-0.4, -0.2) is 41.0 Å². The molecule has 29 heavy (non-hydrogen) atoms. The van der Waals surface area contributed by atoms with Crippen LogP contribution in [0.4, 0.5) is 5.69 Å². The molecule has 0 fully saturated rings. The van der Waals surface area contributed by atoms with Crippen molar-refractivity contribution in [2.24, 2.45) is 4.99 Å². The van der Waals surface area contributed by atoms with Crippen LogP contribution in [0, 0.1) is 0 Å². The Hall–Kier alpha value is -3.12. The number of carbonyl (C=O) groups is 2. The zero-order chi connectivity index (χ0) is 20.8. The summed E-state index contributed by atoms with van der Waals surface area (Å²) < 4.78 is 0. The molecule has 0 radical (unpaired) electrons. The number of carboxylic acid groups (broad SMARTS) is 1. The molecule has 6 heteroatoms. The number of aliphatic imine (C=N–C) groups is 1. The third kappa shape index (κ3) is 4.84. The number of fused-ring (bicyclic) bond motifs is 1. The minimum Gasteiger partial charge on any atom is -0.480 e. The van der Waals surface area contributed by atoms with Gasteiger partial charge in [0.15, 0.2) is 11.5 Å². The minimum atomic E-state index is -0.937. The summed E-state index contributed by atoms with van der Waals surface area (Å²) in [6.07, 6.45) is 0.783. The highest BCUT2D eigenvalue weighted by atomic mass is 32.2. The van der Waals surface area contributed by atoms with E-state index >= 15 is 0 Å². The van der Waals surface area contributed by atoms with E-state index in [1.54, 1.807) is 18.2 Å². The van der Waals surface area contributed by atoms with Gasteiger partial charge in [-0.3, -0.25) is 9.59 Å². The zero-order valence-electron chi connectivity index (χ0n) is 16.3. The van der Waals surface area contributed by atoms with Crippen molar-refractivity contribution in [1.82, 2.24) is 4.90 Å². The fourth-order valence-corrected chi connectivity index (χ4v) is 3.94. The molecule has 1 unspecified atom stereocenters. The van der Waals surface area contributed by atoms with E-state index in [0.29, 0.717) is 28.5 Å². The van der Waals surface area contributed by atoms with Crippen molar-refractivity contribution in [3.8, 4) is 0 Å². The van der Waals surface area contributed by atoms with Gasteiger partial charge in [-0.2, -0.15) is 0 Å². The van der Waals surface area contributed by atoms with Crippen molar-refractivity contribution in [2.75, 3.05) is 13.6 Å². The van der Waals surface area contributed by atoms with Gasteiger partial charge in [0.05, 0.1) is 5.69 Å². The van der Waals surface area contributed by atoms with E-state index < -0.39 is 11.2 Å². The van der Waals surface area contributed by atoms with Crippen molar-refractivity contribution in [3.63, 3.8) is 0 Å². The van der Waals surface area contributed by atoms with Crippen LogP contribution in [0.1, 0.15) is 28.1 Å². The van der Waals surface area contributed by atoms with Crippen LogP contribution in [0.5, 0.6) is 0 Å². The van der Waals surface area contributed by atoms with Crippen LogP contribution in [0.3, 0.4) is 0 Å². The Morgan fingerprint density at radius 1 is 1.10 bits per heavy atom. The van der Waals surface area contributed by atoms with E-state index in [1.165, 1.54) is 0 Å². The number of aliphatic carboxylic acids is 1. The van der Waals surface area contributed by atoms with Gasteiger partial charge < -0.3 is 10.0 Å². The zero-order valence-corrected chi connectivity index (χ0v) is 17.1. The predicted octanol–water partition coefficient (Wildman–Crippen LogP) is 5.15. The average molecular weight is 407 g/mol. The number of nitrogens with zero attached hydrogens (tertiary/aromatic N) is 2. The molecule has 1 atom stereocenters. The van der Waals surface area contributed by atoms with Crippen LogP contribution in [0.25, 0.3) is 10.8 Å². The summed E-state index contributed by atoms with van der Waals surface area (Å²) in [6.45, 7) is 2.62. The first-order chi connectivity index (χ1) is 14.0. The van der Waals surface area contributed by atoms with Crippen molar-refractivity contribution >= 4 is 45.6 Å². The van der Waals surface area contributed by atoms with E-state index in [1.807, 2.05) is 67.4 Å². The summed E-state index contributed by atoms with van der Waals surface area (Å²) in [4.78, 5) is 30.2. The predicted molar refractivity (Wildman–Crippen MR) is 119 cm³/mol. The fourth-order valence-electron chi connectivity index (χ4n) is 2.87. The van der Waals surface area contributed by atoms with Crippen molar-refractivity contribution in [3.05, 3.63) is 77.9 Å². The molecule has 0 spiro atoms. The number of rotatable bonds is 6. The molecule has 0 saturated heterocycles. The highest BCUT2D eigenvalue weighted by molar-refractivity contribution is 8.14. The molecule has 0 aliphatic rings. The molecule has 0 bridgehead atoms. The second kappa shape index (κ2) is 9.39. The van der Waals surface area contributed by atoms with Gasteiger partial charge in [0.1, 0.15) is 5.25 Å². The van der Waals surface area contributed by atoms with Crippen molar-refractivity contribution in [2.45, 2.75) is 12.2 Å². The lowest BCUT2D eigenvalue weighted by molar-refractivity contribution is -0.136. The van der Waals surface area contributed by atoms with Crippen molar-refractivity contribution in [1.29, 1.82) is 0 Å². The normalized spacial score (nSPS) is 12.6. The Morgan fingerprint density at radius 3 is 2.31 bits per heavy atom. The number of hydrogen-bond acceptors (Lipinski definition) is 4. The summed E-state index contributed by atoms with van der Waals surface area (Å²) in [5, 5.41) is 11.5. The Kier molecular flexibility index (Phi) is 6.67. The standard InChI is InChI=1S/C23H22N2O3S/c1-3-25(2)23(29-21(22(27)28)16-9-5-4-6-10-16)24-20-14-18-12-8-7-11-17(18)13-19(20)15-26/h4-15,21H,3H2,1-2H3,(H,27,28). The average Bonchev–Trinajstić information content (AvgIpc) is 2.75. The lowest BCUT2D eigenvalue weighted by atomic mass is 10.1. The molecule has 5 nitrogen and oxygen atoms in total. The Bertz CT molecular complexity index is 1050. The Labute approximate surface area is 174 Å². The van der Waals surface area contributed by atoms with Gasteiger partial charge in [0.25, 0.3) is 0 Å². The molecule has 0 aliphatic carbocycles. The van der Waals surface area contributed by atoms with Gasteiger partial charge in [0, 0.05) is 19.2 Å². The third-order valence-electron chi connectivity index (χ3n) is 4.59. The number of hydrogen-bond donors (Lipinski definition) is 1. The third-order valence-corrected chi connectivity index (χ3v) is 5.91. The Morgan fingerprint density at radius 2 is 1.72 bits per heavy atom. The van der Waals surface area contributed by atoms with Crippen molar-refractivity contribution < 1.29 is 14.7 Å². The van der Waals surface area contributed by atoms with E-state index in [2.05, 4.69) is 0 Å². The second-order valence-corrected chi connectivity index (χ2v) is 7.60. The highest BCUT2D eigenvalue weighted by Crippen LogP contribution is 2.34. The van der Waals surface area contributed by atoms with Gasteiger partial charge in [-0.05, 0) is 35.4 Å². The molecule has 3 aromatic carbocycles. The summed E-state index contributed by atoms with van der Waals surface area (Å²) in [7, 11) is 1.86. The SMILES string of the molecule is CCN(C)C(=Nc1cc2ccccc2cc1C=O)SC(C(=O)O)c1ccccc1. The summed E-state index contributed by atoms with van der Waals surface area (Å²) in [5.41, 5.74) is 1.69. The number of amidine groups is 1. The molecule has 3 rings (SSSR count). The second-order valence-electron chi connectivity index (χ2n) is 6.53. The van der Waals surface area contributed by atoms with E-state index in [0.717, 1.165) is 28.8 Å². The fraction of sp³-hybridized carbons (Fsp3) is 0.174. The topological polar surface area (TPSA) is 70.0 Å². The summed E-state index contributed by atoms with van der Waals surface area (Å²) in [5.74, 6) is -0.937. The minimum absolute atomic E-state index is 0.470. The Balaban J connectivity index is 2.07. The molecule has 0 heterocycles. The smallest absolute Gasteiger partial charge is 0.321 e. The first kappa shape index (κ1) is 20.6. The van der Waals surface area contributed by atoms with Gasteiger partial charge in [0.2, 0.25) is 0 Å². The molecule has 0 aromatic heterocycles. The molecule has 0 amide bonds. The monoisotopic (exact) mass is 406 g/mol. The first-order valence-corrected chi connectivity index (χ1v) is 10.1. The van der Waals surface area contributed by atoms with E-state index in [-0.39, 0.29) is 0 Å². The number of thioether (sulfide) groups is 1. The number of carbonyl (C=O) groups excluding carboxylic acids is 1. The number of aldehydes is 1. The maximum Gasteiger partial charge on any atom is 0.321 e. The van der Waals surface area contributed by atoms with E-state index in [9.17, 15) is 14.7 Å². The summed E-state index contributed by atoms with van der Waals surface area (Å²) in [6, 6.07) is 20.5. The lowest BCUT2D eigenvalue weighted by Crippen LogP contribution is -2.26. The molecule has 148 valence electrons. The first-order valence-electron chi connectivity index (χ1n) is 9.25. The lowest BCUT2D eigenvalue weighted by Gasteiger charge is -2.22. The summed E-state index contributed by atoms with van der Waals surface area (Å²) >= 11 is 1.16. The molecule has 0 aliphatic heterocycles. The van der Waals surface area contributed by atoms with Gasteiger partial charge >= 0.3 is 5.97 Å². The highest BCUT2D eigenvalue weighted by Gasteiger charge is 2.24. The van der Waals surface area contributed by atoms with Gasteiger partial charge in [-0.15, -0.1) is 0 Å². The van der Waals surface area contributed by atoms with Crippen LogP contribution in [0.2, 0.25) is 0 Å². The van der Waals surface area contributed by atoms with Crippen LogP contribution >= 0.6 is 11.8 Å². The van der Waals surface area contributed by atoms with Crippen LogP contribution < -0.4 is 0 Å². The number of benzene rings is 3. The van der Waals surface area contributed by atoms with Gasteiger partial charge in [-0.1, -0.05) is 66.4 Å². The largest absolute Gasteiger partial charge is 0.480 e. The molecule has 3 aromatic rings. The maximum atomic E-state index is 11.9.